The van der Waals surface area contributed by atoms with Crippen LogP contribution in [0.2, 0.25) is 0 Å². The minimum absolute atomic E-state index is 0.0112. The van der Waals surface area contributed by atoms with Crippen LogP contribution in [0.5, 0.6) is 0 Å². The van der Waals surface area contributed by atoms with Crippen LogP contribution >= 0.6 is 0 Å². The molecule has 0 aromatic carbocycles. The van der Waals surface area contributed by atoms with Gasteiger partial charge in [-0.25, -0.2) is 4.79 Å². The Balaban J connectivity index is 0.978. The van der Waals surface area contributed by atoms with E-state index in [-0.39, 0.29) is 47.6 Å². The summed E-state index contributed by atoms with van der Waals surface area (Å²) in [4.78, 5) is 25.0. The van der Waals surface area contributed by atoms with Crippen LogP contribution in [0.25, 0.3) is 0 Å². The van der Waals surface area contributed by atoms with E-state index in [2.05, 4.69) is 6.92 Å². The number of hydrogen-bond acceptors (Lipinski definition) is 13. The highest BCUT2D eigenvalue weighted by Gasteiger charge is 2.68. The zero-order chi connectivity index (χ0) is 34.2. The van der Waals surface area contributed by atoms with Crippen LogP contribution in [0.3, 0.4) is 0 Å². The summed E-state index contributed by atoms with van der Waals surface area (Å²) in [6.45, 7) is 3.59. The SMILES string of the molecule is CC1OC(OC2CCC3(C=O)C(CCC4C3CCC3(C)C(C5=CC(=O)OC5)CCC43O)C2)CC(O)C1OC1OC(CO)C(O)C(O)C1O. The number of carbonyl (C=O) groups excluding carboxylic acids is 2. The smallest absolute Gasteiger partial charge is 0.331 e. The molecule has 0 aromatic heterocycles. The summed E-state index contributed by atoms with van der Waals surface area (Å²) in [6, 6.07) is 0. The van der Waals surface area contributed by atoms with Gasteiger partial charge < -0.3 is 59.1 Å². The number of rotatable bonds is 7. The summed E-state index contributed by atoms with van der Waals surface area (Å²) in [7, 11) is 0. The van der Waals surface area contributed by atoms with Crippen molar-refractivity contribution in [2.24, 2.45) is 34.5 Å². The molecule has 6 N–H and O–H groups in total. The maximum Gasteiger partial charge on any atom is 0.331 e. The summed E-state index contributed by atoms with van der Waals surface area (Å²) in [5.74, 6) is -0.00980. The van der Waals surface area contributed by atoms with E-state index in [0.29, 0.717) is 32.3 Å². The molecule has 2 saturated heterocycles. The number of cyclic esters (lactones) is 1. The number of fused-ring (bicyclic) bond motifs is 5. The Bertz CT molecular complexity index is 1250. The van der Waals surface area contributed by atoms with Crippen molar-refractivity contribution in [3.63, 3.8) is 0 Å². The number of hydrogen-bond donors (Lipinski definition) is 6. The van der Waals surface area contributed by atoms with Gasteiger partial charge in [-0.1, -0.05) is 6.92 Å². The zero-order valence-electron chi connectivity index (χ0n) is 27.8. The molecular formula is C35H52O13. The molecule has 17 atom stereocenters. The van der Waals surface area contributed by atoms with E-state index >= 15 is 0 Å². The lowest BCUT2D eigenvalue weighted by Gasteiger charge is -2.63. The number of aliphatic hydroxyl groups is 6. The molecule has 3 aliphatic heterocycles. The molecule has 3 heterocycles. The van der Waals surface area contributed by atoms with E-state index in [4.69, 9.17) is 23.7 Å². The molecule has 270 valence electrons. The lowest BCUT2D eigenvalue weighted by atomic mass is 9.43. The van der Waals surface area contributed by atoms with Gasteiger partial charge >= 0.3 is 5.97 Å². The van der Waals surface area contributed by atoms with Crippen molar-refractivity contribution in [1.82, 2.24) is 0 Å². The number of esters is 1. The molecule has 13 nitrogen and oxygen atoms in total. The van der Waals surface area contributed by atoms with Crippen LogP contribution in [-0.2, 0) is 33.3 Å². The molecule has 4 aliphatic carbocycles. The molecule has 7 rings (SSSR count). The number of aldehydes is 1. The molecule has 48 heavy (non-hydrogen) atoms. The molecule has 0 amide bonds. The van der Waals surface area contributed by atoms with Gasteiger partial charge in [-0.05, 0) is 94.0 Å². The number of aliphatic hydroxyl groups excluding tert-OH is 5. The van der Waals surface area contributed by atoms with Crippen LogP contribution in [0, 0.1) is 34.5 Å². The maximum absolute atomic E-state index is 13.1. The Hall–Kier alpha value is -1.52. The second-order valence-electron chi connectivity index (χ2n) is 15.9. The van der Waals surface area contributed by atoms with Crippen molar-refractivity contribution in [2.75, 3.05) is 13.2 Å². The third-order valence-electron chi connectivity index (χ3n) is 13.8. The van der Waals surface area contributed by atoms with Crippen LogP contribution in [0.1, 0.15) is 78.1 Å². The van der Waals surface area contributed by atoms with Gasteiger partial charge in [0.05, 0.1) is 30.5 Å². The molecular weight excluding hydrogens is 628 g/mol. The normalized spacial score (nSPS) is 53.7. The van der Waals surface area contributed by atoms with Gasteiger partial charge in [0, 0.05) is 23.3 Å². The molecule has 4 saturated carbocycles. The fourth-order valence-corrected chi connectivity index (χ4v) is 11.3. The van der Waals surface area contributed by atoms with Gasteiger partial charge in [-0.3, -0.25) is 0 Å². The summed E-state index contributed by atoms with van der Waals surface area (Å²) < 4.78 is 29.1. The summed E-state index contributed by atoms with van der Waals surface area (Å²) >= 11 is 0. The quantitative estimate of drug-likeness (QED) is 0.123. The highest BCUT2D eigenvalue weighted by molar-refractivity contribution is 5.85. The van der Waals surface area contributed by atoms with E-state index in [9.17, 15) is 40.2 Å². The van der Waals surface area contributed by atoms with E-state index < -0.39 is 72.9 Å². The molecule has 0 aromatic rings. The standard InChI is InChI=1S/C35H52O13/c1-17-31(48-32-30(42)29(41)28(40)25(14-36)47-32)24(38)13-27(45-17)46-20-5-9-34(16-37)19(12-20)3-4-23-22(34)6-8-33(2)21(7-10-35(23,33)43)18-11-26(39)44-15-18/h11,16-17,19-25,27-32,36,38,40-43H,3-10,12-15H2,1-2H3. The van der Waals surface area contributed by atoms with Crippen molar-refractivity contribution >= 4 is 12.3 Å². The topological polar surface area (TPSA) is 202 Å². The van der Waals surface area contributed by atoms with Gasteiger partial charge in [0.25, 0.3) is 0 Å². The molecule has 17 unspecified atom stereocenters. The van der Waals surface area contributed by atoms with Crippen molar-refractivity contribution in [2.45, 2.75) is 145 Å². The van der Waals surface area contributed by atoms with E-state index in [1.54, 1.807) is 13.0 Å². The molecule has 7 aliphatic rings. The average Bonchev–Trinajstić information content (AvgIpc) is 3.61. The van der Waals surface area contributed by atoms with Crippen molar-refractivity contribution in [3.05, 3.63) is 11.6 Å². The first-order chi connectivity index (χ1) is 22.8. The van der Waals surface area contributed by atoms with Crippen LogP contribution in [0.4, 0.5) is 0 Å². The Labute approximate surface area is 280 Å². The van der Waals surface area contributed by atoms with Crippen molar-refractivity contribution in [3.8, 4) is 0 Å². The fourth-order valence-electron chi connectivity index (χ4n) is 11.3. The number of ether oxygens (including phenoxy) is 5. The Morgan fingerprint density at radius 1 is 0.938 bits per heavy atom. The predicted octanol–water partition coefficient (Wildman–Crippen LogP) is 0.489. The van der Waals surface area contributed by atoms with Crippen molar-refractivity contribution < 1.29 is 63.9 Å². The largest absolute Gasteiger partial charge is 0.458 e. The second kappa shape index (κ2) is 12.9. The summed E-state index contributed by atoms with van der Waals surface area (Å²) in [5, 5.41) is 63.6. The summed E-state index contributed by atoms with van der Waals surface area (Å²) in [6.07, 6.45) is -1.12. The van der Waals surface area contributed by atoms with Gasteiger partial charge in [-0.15, -0.1) is 0 Å². The monoisotopic (exact) mass is 680 g/mol. The van der Waals surface area contributed by atoms with Gasteiger partial charge in [0.1, 0.15) is 43.4 Å². The Kier molecular flexibility index (Phi) is 9.39. The van der Waals surface area contributed by atoms with Gasteiger partial charge in [0.2, 0.25) is 0 Å². The first-order valence-electron chi connectivity index (χ1n) is 17.9. The van der Waals surface area contributed by atoms with Crippen molar-refractivity contribution in [1.29, 1.82) is 0 Å². The van der Waals surface area contributed by atoms with Gasteiger partial charge in [-0.2, -0.15) is 0 Å². The maximum atomic E-state index is 13.1. The minimum atomic E-state index is -1.60. The second-order valence-corrected chi connectivity index (χ2v) is 15.9. The lowest BCUT2D eigenvalue weighted by Crippen LogP contribution is -2.63. The zero-order valence-corrected chi connectivity index (χ0v) is 27.8. The fraction of sp³-hybridized carbons (Fsp3) is 0.886. The third kappa shape index (κ3) is 5.43. The Morgan fingerprint density at radius 3 is 2.42 bits per heavy atom. The predicted molar refractivity (Wildman–Crippen MR) is 165 cm³/mol. The Morgan fingerprint density at radius 2 is 1.73 bits per heavy atom. The van der Waals surface area contributed by atoms with E-state index in [1.165, 1.54) is 6.29 Å². The highest BCUT2D eigenvalue weighted by atomic mass is 16.7. The van der Waals surface area contributed by atoms with E-state index in [0.717, 1.165) is 37.7 Å². The molecule has 0 bridgehead atoms. The number of carbonyl (C=O) groups is 2. The lowest BCUT2D eigenvalue weighted by molar-refractivity contribution is -0.344. The van der Waals surface area contributed by atoms with Crippen LogP contribution in [0.15, 0.2) is 11.6 Å². The molecule has 13 heteroatoms. The highest BCUT2D eigenvalue weighted by Crippen LogP contribution is 2.69. The van der Waals surface area contributed by atoms with Crippen LogP contribution in [-0.4, -0.2) is 123 Å². The average molecular weight is 681 g/mol. The minimum Gasteiger partial charge on any atom is -0.458 e. The first-order valence-corrected chi connectivity index (χ1v) is 17.9. The van der Waals surface area contributed by atoms with Crippen LogP contribution < -0.4 is 0 Å². The van der Waals surface area contributed by atoms with E-state index in [1.807, 2.05) is 0 Å². The summed E-state index contributed by atoms with van der Waals surface area (Å²) in [5.41, 5.74) is -0.818. The first kappa shape index (κ1) is 34.9. The molecule has 0 radical (unpaired) electrons. The third-order valence-corrected chi connectivity index (χ3v) is 13.8. The molecule has 0 spiro atoms. The van der Waals surface area contributed by atoms with Gasteiger partial charge in [0.15, 0.2) is 12.6 Å². The molecule has 6 fully saturated rings.